The molecule has 144 valence electrons. The summed E-state index contributed by atoms with van der Waals surface area (Å²) in [5.41, 5.74) is 2.54. The van der Waals surface area contributed by atoms with Gasteiger partial charge >= 0.3 is 0 Å². The Kier molecular flexibility index (Phi) is 6.93. The fourth-order valence-electron chi connectivity index (χ4n) is 2.61. The second-order valence-corrected chi connectivity index (χ2v) is 6.69. The van der Waals surface area contributed by atoms with E-state index in [1.165, 1.54) is 0 Å². The van der Waals surface area contributed by atoms with Gasteiger partial charge in [-0.1, -0.05) is 60.1 Å². The summed E-state index contributed by atoms with van der Waals surface area (Å²) in [4.78, 5) is 12.5. The standard InChI is InChI=1S/C23H22ClNO3/c1-17-11-12-19(15-21(17)24)27-14-13-25-23(26)20-9-5-6-10-22(20)28-16-18-7-3-2-4-8-18/h2-12,15H,13-14,16H2,1H3,(H,25,26). The van der Waals surface area contributed by atoms with Crippen LogP contribution < -0.4 is 14.8 Å². The second-order valence-electron chi connectivity index (χ2n) is 6.29. The maximum atomic E-state index is 12.5. The van der Waals surface area contributed by atoms with Crippen molar-refractivity contribution in [1.29, 1.82) is 0 Å². The van der Waals surface area contributed by atoms with Crippen LogP contribution in [-0.2, 0) is 6.61 Å². The molecule has 0 aromatic heterocycles. The predicted molar refractivity (Wildman–Crippen MR) is 111 cm³/mol. The number of ether oxygens (including phenoxy) is 2. The van der Waals surface area contributed by atoms with E-state index in [2.05, 4.69) is 5.32 Å². The van der Waals surface area contributed by atoms with Crippen LogP contribution in [0.1, 0.15) is 21.5 Å². The lowest BCUT2D eigenvalue weighted by atomic mass is 10.2. The van der Waals surface area contributed by atoms with Crippen molar-refractivity contribution in [3.63, 3.8) is 0 Å². The van der Waals surface area contributed by atoms with Crippen LogP contribution in [0.2, 0.25) is 5.02 Å². The third-order valence-electron chi connectivity index (χ3n) is 4.17. The van der Waals surface area contributed by atoms with Crippen molar-refractivity contribution >= 4 is 17.5 Å². The van der Waals surface area contributed by atoms with Gasteiger partial charge in [0.05, 0.1) is 12.1 Å². The first-order chi connectivity index (χ1) is 13.6. The minimum atomic E-state index is -0.200. The smallest absolute Gasteiger partial charge is 0.255 e. The first-order valence-electron chi connectivity index (χ1n) is 9.06. The average Bonchev–Trinajstić information content (AvgIpc) is 2.73. The normalized spacial score (nSPS) is 10.4. The summed E-state index contributed by atoms with van der Waals surface area (Å²) < 4.78 is 11.5. The van der Waals surface area contributed by atoms with Crippen molar-refractivity contribution in [3.05, 3.63) is 94.5 Å². The van der Waals surface area contributed by atoms with Crippen LogP contribution in [-0.4, -0.2) is 19.1 Å². The Morgan fingerprint density at radius 3 is 2.50 bits per heavy atom. The average molecular weight is 396 g/mol. The number of halogens is 1. The molecule has 0 saturated heterocycles. The minimum absolute atomic E-state index is 0.200. The Balaban J connectivity index is 1.52. The number of rotatable bonds is 8. The third kappa shape index (κ3) is 5.51. The molecular weight excluding hydrogens is 374 g/mol. The highest BCUT2D eigenvalue weighted by Gasteiger charge is 2.12. The Morgan fingerprint density at radius 1 is 0.964 bits per heavy atom. The monoisotopic (exact) mass is 395 g/mol. The first kappa shape index (κ1) is 19.8. The van der Waals surface area contributed by atoms with Gasteiger partial charge < -0.3 is 14.8 Å². The number of benzene rings is 3. The maximum absolute atomic E-state index is 12.5. The van der Waals surface area contributed by atoms with Gasteiger partial charge in [-0.05, 0) is 42.3 Å². The summed E-state index contributed by atoms with van der Waals surface area (Å²) in [5, 5.41) is 3.52. The molecule has 0 fully saturated rings. The van der Waals surface area contributed by atoms with E-state index in [-0.39, 0.29) is 5.91 Å². The summed E-state index contributed by atoms with van der Waals surface area (Å²) in [7, 11) is 0. The summed E-state index contributed by atoms with van der Waals surface area (Å²) in [6.07, 6.45) is 0. The molecule has 5 heteroatoms. The van der Waals surface area contributed by atoms with Gasteiger partial charge in [-0.25, -0.2) is 0 Å². The molecule has 28 heavy (non-hydrogen) atoms. The van der Waals surface area contributed by atoms with Gasteiger partial charge in [-0.3, -0.25) is 4.79 Å². The third-order valence-corrected chi connectivity index (χ3v) is 4.58. The van der Waals surface area contributed by atoms with Crippen molar-refractivity contribution < 1.29 is 14.3 Å². The number of nitrogens with one attached hydrogen (secondary N) is 1. The highest BCUT2D eigenvalue weighted by molar-refractivity contribution is 6.31. The molecule has 0 aliphatic rings. The Bertz CT molecular complexity index is 928. The van der Waals surface area contributed by atoms with Crippen molar-refractivity contribution in [1.82, 2.24) is 5.32 Å². The maximum Gasteiger partial charge on any atom is 0.255 e. The van der Waals surface area contributed by atoms with Crippen LogP contribution >= 0.6 is 11.6 Å². The Labute approximate surface area is 170 Å². The first-order valence-corrected chi connectivity index (χ1v) is 9.44. The molecule has 3 aromatic carbocycles. The number of hydrogen-bond acceptors (Lipinski definition) is 3. The predicted octanol–water partition coefficient (Wildman–Crippen LogP) is 5.04. The van der Waals surface area contributed by atoms with Crippen LogP contribution in [0.5, 0.6) is 11.5 Å². The van der Waals surface area contributed by atoms with Gasteiger partial charge in [0, 0.05) is 5.02 Å². The van der Waals surface area contributed by atoms with Gasteiger partial charge in [0.1, 0.15) is 24.7 Å². The highest BCUT2D eigenvalue weighted by Crippen LogP contribution is 2.22. The van der Waals surface area contributed by atoms with E-state index in [1.54, 1.807) is 18.2 Å². The van der Waals surface area contributed by atoms with Crippen LogP contribution in [0.25, 0.3) is 0 Å². The minimum Gasteiger partial charge on any atom is -0.492 e. The molecule has 0 atom stereocenters. The van der Waals surface area contributed by atoms with E-state index in [9.17, 15) is 4.79 Å². The number of para-hydroxylation sites is 1. The molecule has 0 saturated carbocycles. The molecule has 1 amide bonds. The molecule has 0 heterocycles. The molecule has 4 nitrogen and oxygen atoms in total. The van der Waals surface area contributed by atoms with Crippen LogP contribution in [0.3, 0.4) is 0 Å². The van der Waals surface area contributed by atoms with E-state index in [0.717, 1.165) is 11.1 Å². The lowest BCUT2D eigenvalue weighted by Gasteiger charge is -2.12. The van der Waals surface area contributed by atoms with E-state index in [4.69, 9.17) is 21.1 Å². The van der Waals surface area contributed by atoms with Crippen molar-refractivity contribution in [2.24, 2.45) is 0 Å². The zero-order valence-electron chi connectivity index (χ0n) is 15.7. The van der Waals surface area contributed by atoms with Crippen molar-refractivity contribution in [2.75, 3.05) is 13.2 Å². The molecule has 0 bridgehead atoms. The highest BCUT2D eigenvalue weighted by atomic mass is 35.5. The zero-order chi connectivity index (χ0) is 19.8. The summed E-state index contributed by atoms with van der Waals surface area (Å²) in [5.74, 6) is 1.03. The lowest BCUT2D eigenvalue weighted by Crippen LogP contribution is -2.28. The largest absolute Gasteiger partial charge is 0.492 e. The lowest BCUT2D eigenvalue weighted by molar-refractivity contribution is 0.0942. The molecule has 0 unspecified atom stereocenters. The van der Waals surface area contributed by atoms with Gasteiger partial charge in [0.15, 0.2) is 0 Å². The van der Waals surface area contributed by atoms with Gasteiger partial charge in [-0.15, -0.1) is 0 Å². The van der Waals surface area contributed by atoms with E-state index in [0.29, 0.717) is 41.8 Å². The molecule has 3 aromatic rings. The van der Waals surface area contributed by atoms with Crippen LogP contribution in [0.4, 0.5) is 0 Å². The fraction of sp³-hybridized carbons (Fsp3) is 0.174. The molecule has 1 N–H and O–H groups in total. The van der Waals surface area contributed by atoms with Gasteiger partial charge in [0.25, 0.3) is 5.91 Å². The van der Waals surface area contributed by atoms with E-state index in [1.807, 2.05) is 61.5 Å². The van der Waals surface area contributed by atoms with E-state index >= 15 is 0 Å². The number of hydrogen-bond donors (Lipinski definition) is 1. The quantitative estimate of drug-likeness (QED) is 0.544. The second kappa shape index (κ2) is 9.81. The molecule has 0 spiro atoms. The number of carbonyl (C=O) groups excluding carboxylic acids is 1. The summed E-state index contributed by atoms with van der Waals surface area (Å²) in [6.45, 7) is 3.06. The van der Waals surface area contributed by atoms with Crippen LogP contribution in [0.15, 0.2) is 72.8 Å². The number of amides is 1. The Morgan fingerprint density at radius 2 is 1.71 bits per heavy atom. The molecule has 3 rings (SSSR count). The number of carbonyl (C=O) groups is 1. The fourth-order valence-corrected chi connectivity index (χ4v) is 2.78. The molecular formula is C23H22ClNO3. The molecule has 0 radical (unpaired) electrons. The van der Waals surface area contributed by atoms with Gasteiger partial charge in [0.2, 0.25) is 0 Å². The van der Waals surface area contributed by atoms with E-state index < -0.39 is 0 Å². The van der Waals surface area contributed by atoms with Gasteiger partial charge in [-0.2, -0.15) is 0 Å². The summed E-state index contributed by atoms with van der Waals surface area (Å²) >= 11 is 6.08. The molecule has 0 aliphatic heterocycles. The Hall–Kier alpha value is -2.98. The number of aryl methyl sites for hydroxylation is 1. The van der Waals surface area contributed by atoms with Crippen LogP contribution in [0, 0.1) is 6.92 Å². The summed E-state index contributed by atoms with van der Waals surface area (Å²) in [6, 6.07) is 22.6. The van der Waals surface area contributed by atoms with Crippen molar-refractivity contribution in [2.45, 2.75) is 13.5 Å². The topological polar surface area (TPSA) is 47.6 Å². The van der Waals surface area contributed by atoms with Crippen molar-refractivity contribution in [3.8, 4) is 11.5 Å². The molecule has 0 aliphatic carbocycles. The zero-order valence-corrected chi connectivity index (χ0v) is 16.4. The SMILES string of the molecule is Cc1ccc(OCCNC(=O)c2ccccc2OCc2ccccc2)cc1Cl.